The van der Waals surface area contributed by atoms with E-state index in [1.165, 1.54) is 0 Å². The Hall–Kier alpha value is -1.76. The molecule has 0 aliphatic carbocycles. The van der Waals surface area contributed by atoms with E-state index in [0.29, 0.717) is 12.2 Å². The summed E-state index contributed by atoms with van der Waals surface area (Å²) >= 11 is 0. The molecule has 1 aliphatic rings. The normalized spacial score (nSPS) is 18.8. The number of hydrogen-bond acceptors (Lipinski definition) is 4. The summed E-state index contributed by atoms with van der Waals surface area (Å²) < 4.78 is 0. The third-order valence-electron chi connectivity index (χ3n) is 2.24. The lowest BCUT2D eigenvalue weighted by molar-refractivity contribution is 0.780. The molecule has 0 radical (unpaired) electrons. The van der Waals surface area contributed by atoms with Crippen LogP contribution in [-0.4, -0.2) is 11.5 Å². The number of hydrogen-bond donors (Lipinski definition) is 2. The molecule has 1 aliphatic heterocycles. The molecule has 3 N–H and O–H groups in total. The van der Waals surface area contributed by atoms with E-state index >= 15 is 0 Å². The highest BCUT2D eigenvalue weighted by Crippen LogP contribution is 2.32. The van der Waals surface area contributed by atoms with Crippen molar-refractivity contribution in [2.45, 2.75) is 12.3 Å². The number of nitrogens with zero attached hydrogens (tertiary/aromatic N) is 2. The molecule has 66 valence electrons. The van der Waals surface area contributed by atoms with Crippen molar-refractivity contribution < 1.29 is 0 Å². The van der Waals surface area contributed by atoms with Gasteiger partial charge in [0.05, 0.1) is 6.07 Å². The first-order chi connectivity index (χ1) is 6.31. The molecular weight excluding hydrogens is 164 g/mol. The lowest BCUT2D eigenvalue weighted by Crippen LogP contribution is -2.00. The summed E-state index contributed by atoms with van der Waals surface area (Å²) in [4.78, 5) is 4.14. The van der Waals surface area contributed by atoms with E-state index in [1.807, 2.05) is 6.07 Å². The Morgan fingerprint density at radius 2 is 2.54 bits per heavy atom. The first kappa shape index (κ1) is 7.87. The summed E-state index contributed by atoms with van der Waals surface area (Å²) in [5, 5.41) is 11.7. The molecule has 0 aromatic carbocycles. The molecule has 0 bridgehead atoms. The third kappa shape index (κ3) is 1.29. The van der Waals surface area contributed by atoms with Crippen LogP contribution in [0.5, 0.6) is 0 Å². The molecule has 2 heterocycles. The van der Waals surface area contributed by atoms with Crippen molar-refractivity contribution in [2.24, 2.45) is 0 Å². The Kier molecular flexibility index (Phi) is 1.78. The molecule has 2 rings (SSSR count). The smallest absolute Gasteiger partial charge is 0.132 e. The van der Waals surface area contributed by atoms with Gasteiger partial charge < -0.3 is 11.1 Å². The number of nitriles is 1. The second-order valence-corrected chi connectivity index (χ2v) is 3.11. The van der Waals surface area contributed by atoms with Crippen molar-refractivity contribution >= 4 is 11.6 Å². The predicted octanol–water partition coefficient (Wildman–Crippen LogP) is 1.09. The van der Waals surface area contributed by atoms with Crippen LogP contribution in [-0.2, 0) is 0 Å². The molecule has 1 aromatic rings. The van der Waals surface area contributed by atoms with E-state index in [1.54, 1.807) is 6.07 Å². The standard InChI is InChI=1S/C9H10N4/c10-4-3-6-5-12-9-7(6)1-2-8(11)13-9/h1-2,6H,3,5H2,(H3,11,12,13). The molecular formula is C9H10N4. The highest BCUT2D eigenvalue weighted by molar-refractivity contribution is 5.55. The first-order valence-corrected chi connectivity index (χ1v) is 4.18. The number of nitrogens with two attached hydrogens (primary N) is 1. The van der Waals surface area contributed by atoms with Gasteiger partial charge in [-0.3, -0.25) is 0 Å². The second-order valence-electron chi connectivity index (χ2n) is 3.11. The Morgan fingerprint density at radius 3 is 3.31 bits per heavy atom. The Balaban J connectivity index is 2.34. The van der Waals surface area contributed by atoms with Gasteiger partial charge in [0.1, 0.15) is 11.6 Å². The number of nitrogen functional groups attached to an aromatic ring is 1. The number of fused-ring (bicyclic) bond motifs is 1. The van der Waals surface area contributed by atoms with Crippen LogP contribution in [0.4, 0.5) is 11.6 Å². The SMILES string of the molecule is N#CCC1CNc2nc(N)ccc21. The van der Waals surface area contributed by atoms with Gasteiger partial charge in [0.15, 0.2) is 0 Å². The largest absolute Gasteiger partial charge is 0.384 e. The van der Waals surface area contributed by atoms with E-state index < -0.39 is 0 Å². The molecule has 1 unspecified atom stereocenters. The number of nitrogens with one attached hydrogen (secondary N) is 1. The van der Waals surface area contributed by atoms with Gasteiger partial charge in [0, 0.05) is 24.4 Å². The predicted molar refractivity (Wildman–Crippen MR) is 50.1 cm³/mol. The van der Waals surface area contributed by atoms with Gasteiger partial charge in [-0.15, -0.1) is 0 Å². The zero-order valence-corrected chi connectivity index (χ0v) is 7.12. The fraction of sp³-hybridized carbons (Fsp3) is 0.333. The van der Waals surface area contributed by atoms with Crippen molar-refractivity contribution in [1.82, 2.24) is 4.98 Å². The second kappa shape index (κ2) is 2.94. The van der Waals surface area contributed by atoms with Crippen LogP contribution < -0.4 is 11.1 Å². The van der Waals surface area contributed by atoms with Crippen molar-refractivity contribution in [3.8, 4) is 6.07 Å². The van der Waals surface area contributed by atoms with E-state index in [2.05, 4.69) is 16.4 Å². The van der Waals surface area contributed by atoms with Gasteiger partial charge >= 0.3 is 0 Å². The molecule has 1 aromatic heterocycles. The summed E-state index contributed by atoms with van der Waals surface area (Å²) in [7, 11) is 0. The maximum absolute atomic E-state index is 8.58. The fourth-order valence-electron chi connectivity index (χ4n) is 1.58. The van der Waals surface area contributed by atoms with Gasteiger partial charge in [0.25, 0.3) is 0 Å². The van der Waals surface area contributed by atoms with Crippen LogP contribution in [0.1, 0.15) is 17.9 Å². The third-order valence-corrected chi connectivity index (χ3v) is 2.24. The molecule has 0 fully saturated rings. The monoisotopic (exact) mass is 174 g/mol. The minimum absolute atomic E-state index is 0.271. The van der Waals surface area contributed by atoms with Gasteiger partial charge in [-0.25, -0.2) is 4.98 Å². The first-order valence-electron chi connectivity index (χ1n) is 4.18. The lowest BCUT2D eigenvalue weighted by Gasteiger charge is -2.03. The minimum Gasteiger partial charge on any atom is -0.384 e. The summed E-state index contributed by atoms with van der Waals surface area (Å²) in [5.41, 5.74) is 6.64. The molecule has 4 nitrogen and oxygen atoms in total. The van der Waals surface area contributed by atoms with Crippen LogP contribution in [0.2, 0.25) is 0 Å². The fourth-order valence-corrected chi connectivity index (χ4v) is 1.58. The molecule has 0 amide bonds. The van der Waals surface area contributed by atoms with Crippen molar-refractivity contribution in [3.05, 3.63) is 17.7 Å². The minimum atomic E-state index is 0.271. The number of aromatic nitrogens is 1. The summed E-state index contributed by atoms with van der Waals surface area (Å²) in [6, 6.07) is 5.88. The van der Waals surface area contributed by atoms with Gasteiger partial charge in [-0.05, 0) is 6.07 Å². The summed E-state index contributed by atoms with van der Waals surface area (Å²) in [5.74, 6) is 1.62. The van der Waals surface area contributed by atoms with Crippen LogP contribution in [0, 0.1) is 11.3 Å². The van der Waals surface area contributed by atoms with Crippen LogP contribution >= 0.6 is 0 Å². The molecule has 13 heavy (non-hydrogen) atoms. The quantitative estimate of drug-likeness (QED) is 0.668. The van der Waals surface area contributed by atoms with Crippen molar-refractivity contribution in [2.75, 3.05) is 17.6 Å². The average Bonchev–Trinajstić information content (AvgIpc) is 2.49. The molecule has 1 atom stereocenters. The molecule has 4 heteroatoms. The zero-order chi connectivity index (χ0) is 9.26. The maximum Gasteiger partial charge on any atom is 0.132 e. The van der Waals surface area contributed by atoms with E-state index in [9.17, 15) is 0 Å². The zero-order valence-electron chi connectivity index (χ0n) is 7.12. The highest BCUT2D eigenvalue weighted by Gasteiger charge is 2.22. The lowest BCUT2D eigenvalue weighted by atomic mass is 10.0. The summed E-state index contributed by atoms with van der Waals surface area (Å²) in [6.45, 7) is 0.791. The van der Waals surface area contributed by atoms with E-state index in [-0.39, 0.29) is 5.92 Å². The van der Waals surface area contributed by atoms with Gasteiger partial charge in [-0.1, -0.05) is 6.07 Å². The van der Waals surface area contributed by atoms with E-state index in [4.69, 9.17) is 11.0 Å². The number of pyridine rings is 1. The number of anilines is 2. The average molecular weight is 174 g/mol. The van der Waals surface area contributed by atoms with E-state index in [0.717, 1.165) is 17.9 Å². The molecule has 0 spiro atoms. The van der Waals surface area contributed by atoms with Gasteiger partial charge in [-0.2, -0.15) is 5.26 Å². The Morgan fingerprint density at radius 1 is 1.69 bits per heavy atom. The Bertz CT molecular complexity index is 366. The van der Waals surface area contributed by atoms with Crippen molar-refractivity contribution in [3.63, 3.8) is 0 Å². The van der Waals surface area contributed by atoms with Crippen LogP contribution in [0.3, 0.4) is 0 Å². The highest BCUT2D eigenvalue weighted by atomic mass is 15.0. The Labute approximate surface area is 76.4 Å². The maximum atomic E-state index is 8.58. The summed E-state index contributed by atoms with van der Waals surface area (Å²) in [6.07, 6.45) is 0.533. The van der Waals surface area contributed by atoms with Crippen LogP contribution in [0.15, 0.2) is 12.1 Å². The molecule has 0 saturated carbocycles. The molecule has 0 saturated heterocycles. The van der Waals surface area contributed by atoms with Gasteiger partial charge in [0.2, 0.25) is 0 Å². The van der Waals surface area contributed by atoms with Crippen LogP contribution in [0.25, 0.3) is 0 Å². The van der Waals surface area contributed by atoms with Crippen molar-refractivity contribution in [1.29, 1.82) is 5.26 Å². The topological polar surface area (TPSA) is 74.7 Å². The number of rotatable bonds is 1.